The molecule has 1 N–H and O–H groups in total. The minimum absolute atomic E-state index is 0.255. The van der Waals surface area contributed by atoms with Crippen molar-refractivity contribution in [2.75, 3.05) is 38.6 Å². The van der Waals surface area contributed by atoms with Crippen molar-refractivity contribution in [3.05, 3.63) is 71.8 Å². The van der Waals surface area contributed by atoms with Gasteiger partial charge in [0.25, 0.3) is 0 Å². The third-order valence-corrected chi connectivity index (χ3v) is 7.21. The summed E-state index contributed by atoms with van der Waals surface area (Å²) in [7, 11) is 1.67. The highest BCUT2D eigenvalue weighted by atomic mass is 35.5. The quantitative estimate of drug-likeness (QED) is 0.146. The number of fused-ring (bicyclic) bond motifs is 1. The first-order valence-electron chi connectivity index (χ1n) is 16.1. The fraction of sp³-hybridized carbons (Fsp3) is 0.417. The number of hydrogen-bond donors (Lipinski definition) is 1. The molecule has 0 unspecified atom stereocenters. The number of rotatable bonds is 12. The van der Waals surface area contributed by atoms with Crippen molar-refractivity contribution in [2.45, 2.75) is 65.6 Å². The molecule has 0 saturated carbocycles. The number of hydrogen-bond acceptors (Lipinski definition) is 9. The SMILES string of the molecule is CN(CCCN(CCCOc1ccc2c(Nc3cnnc(-c4cc(Cl)ccc4F)c3)ccnc2c1)C(=O)OC(C)(C)C)C(=O)OC(C)(C)C. The molecule has 0 aliphatic heterocycles. The zero-order valence-corrected chi connectivity index (χ0v) is 29.8. The van der Waals surface area contributed by atoms with Crippen molar-refractivity contribution in [2.24, 2.45) is 0 Å². The van der Waals surface area contributed by atoms with Crippen molar-refractivity contribution < 1.29 is 28.2 Å². The molecule has 11 nitrogen and oxygen atoms in total. The number of carbonyl (C=O) groups excluding carboxylic acids is 2. The van der Waals surface area contributed by atoms with Crippen LogP contribution in [-0.2, 0) is 9.47 Å². The number of pyridine rings is 1. The highest BCUT2D eigenvalue weighted by Crippen LogP contribution is 2.30. The van der Waals surface area contributed by atoms with Crippen LogP contribution in [0.4, 0.5) is 25.4 Å². The normalized spacial score (nSPS) is 11.6. The largest absolute Gasteiger partial charge is 0.493 e. The molecule has 0 aliphatic carbocycles. The molecule has 0 fully saturated rings. The monoisotopic (exact) mass is 694 g/mol. The van der Waals surface area contributed by atoms with Crippen LogP contribution >= 0.6 is 11.6 Å². The number of amides is 2. The topological polar surface area (TPSA) is 119 Å². The van der Waals surface area contributed by atoms with E-state index in [1.165, 1.54) is 23.1 Å². The fourth-order valence-electron chi connectivity index (χ4n) is 4.74. The van der Waals surface area contributed by atoms with Gasteiger partial charge in [-0.2, -0.15) is 10.2 Å². The zero-order chi connectivity index (χ0) is 35.8. The fourth-order valence-corrected chi connectivity index (χ4v) is 4.91. The summed E-state index contributed by atoms with van der Waals surface area (Å²) in [6.07, 6.45) is 3.51. The van der Waals surface area contributed by atoms with Gasteiger partial charge in [0, 0.05) is 60.6 Å². The minimum atomic E-state index is -0.644. The average Bonchev–Trinajstić information content (AvgIpc) is 3.01. The van der Waals surface area contributed by atoms with Crippen molar-refractivity contribution in [1.82, 2.24) is 25.0 Å². The Hall–Kier alpha value is -4.71. The standard InChI is InChI=1S/C36H44ClFN6O5/c1-35(2,3)48-33(45)43(7)16-8-17-44(34(46)49-36(4,5)6)18-9-19-47-26-11-12-27-30(14-15-39-31(27)22-26)41-25-21-32(42-40-23-25)28-20-24(37)10-13-29(28)38/h10-15,20-23H,8-9,16-19H2,1-7H3,(H,39,41,42). The zero-order valence-electron chi connectivity index (χ0n) is 29.0. The maximum Gasteiger partial charge on any atom is 0.410 e. The van der Waals surface area contributed by atoms with Gasteiger partial charge < -0.3 is 29.3 Å². The Morgan fingerprint density at radius 1 is 0.898 bits per heavy atom. The van der Waals surface area contributed by atoms with Crippen LogP contribution < -0.4 is 10.1 Å². The minimum Gasteiger partial charge on any atom is -0.493 e. The molecule has 13 heteroatoms. The molecule has 0 spiro atoms. The van der Waals surface area contributed by atoms with E-state index in [1.807, 2.05) is 65.8 Å². The number of ether oxygens (including phenoxy) is 3. The molecule has 0 atom stereocenters. The molecular weight excluding hydrogens is 651 g/mol. The van der Waals surface area contributed by atoms with Gasteiger partial charge in [0.1, 0.15) is 22.8 Å². The summed E-state index contributed by atoms with van der Waals surface area (Å²) in [5.74, 6) is 0.183. The van der Waals surface area contributed by atoms with E-state index in [-0.39, 0.29) is 5.56 Å². The number of carbonyl (C=O) groups is 2. The number of nitrogens with zero attached hydrogens (tertiary/aromatic N) is 5. The van der Waals surface area contributed by atoms with Gasteiger partial charge in [0.15, 0.2) is 0 Å². The summed E-state index contributed by atoms with van der Waals surface area (Å²) >= 11 is 6.07. The van der Waals surface area contributed by atoms with E-state index in [9.17, 15) is 14.0 Å². The van der Waals surface area contributed by atoms with Crippen molar-refractivity contribution >= 4 is 46.1 Å². The van der Waals surface area contributed by atoms with E-state index >= 15 is 0 Å². The Morgan fingerprint density at radius 3 is 2.35 bits per heavy atom. The van der Waals surface area contributed by atoms with Crippen LogP contribution in [0, 0.1) is 5.82 Å². The maximum absolute atomic E-state index is 14.4. The first-order valence-corrected chi connectivity index (χ1v) is 16.4. The predicted molar refractivity (Wildman–Crippen MR) is 189 cm³/mol. The predicted octanol–water partition coefficient (Wildman–Crippen LogP) is 8.49. The van der Waals surface area contributed by atoms with Gasteiger partial charge in [0.05, 0.1) is 29.7 Å². The van der Waals surface area contributed by atoms with Crippen LogP contribution in [0.1, 0.15) is 54.4 Å². The summed E-state index contributed by atoms with van der Waals surface area (Å²) in [4.78, 5) is 32.9. The van der Waals surface area contributed by atoms with Gasteiger partial charge in [-0.15, -0.1) is 0 Å². The molecule has 2 amide bonds. The molecule has 2 aromatic heterocycles. The van der Waals surface area contributed by atoms with Crippen molar-refractivity contribution in [3.63, 3.8) is 0 Å². The number of aromatic nitrogens is 3. The average molecular weight is 695 g/mol. The van der Waals surface area contributed by atoms with Gasteiger partial charge >= 0.3 is 12.2 Å². The summed E-state index contributed by atoms with van der Waals surface area (Å²) in [5, 5.41) is 12.7. The summed E-state index contributed by atoms with van der Waals surface area (Å²) in [6.45, 7) is 12.5. The van der Waals surface area contributed by atoms with Gasteiger partial charge in [0.2, 0.25) is 0 Å². The summed E-state index contributed by atoms with van der Waals surface area (Å²) < 4.78 is 31.5. The molecule has 49 heavy (non-hydrogen) atoms. The second-order valence-electron chi connectivity index (χ2n) is 13.5. The van der Waals surface area contributed by atoms with Gasteiger partial charge in [-0.3, -0.25) is 4.98 Å². The van der Waals surface area contributed by atoms with Crippen LogP contribution in [0.25, 0.3) is 22.2 Å². The lowest BCUT2D eigenvalue weighted by Gasteiger charge is -2.28. The molecule has 0 aliphatic rings. The highest BCUT2D eigenvalue weighted by Gasteiger charge is 2.23. The Bertz CT molecular complexity index is 1760. The summed E-state index contributed by atoms with van der Waals surface area (Å²) in [5.41, 5.74) is 1.46. The smallest absolute Gasteiger partial charge is 0.410 e. The van der Waals surface area contributed by atoms with Crippen LogP contribution in [0.2, 0.25) is 5.02 Å². The lowest BCUT2D eigenvalue weighted by molar-refractivity contribution is 0.0220. The molecule has 2 heterocycles. The lowest BCUT2D eigenvalue weighted by Crippen LogP contribution is -2.40. The molecule has 0 saturated heterocycles. The van der Waals surface area contributed by atoms with Crippen LogP contribution in [0.15, 0.2) is 60.9 Å². The molecule has 0 bridgehead atoms. The van der Waals surface area contributed by atoms with Gasteiger partial charge in [-0.1, -0.05) is 11.6 Å². The van der Waals surface area contributed by atoms with Crippen molar-refractivity contribution in [1.29, 1.82) is 0 Å². The van der Waals surface area contributed by atoms with E-state index in [1.54, 1.807) is 30.4 Å². The molecule has 4 rings (SSSR count). The van der Waals surface area contributed by atoms with Crippen LogP contribution in [-0.4, -0.2) is 81.7 Å². The van der Waals surface area contributed by atoms with Crippen LogP contribution in [0.3, 0.4) is 0 Å². The Morgan fingerprint density at radius 2 is 1.61 bits per heavy atom. The number of halogens is 2. The van der Waals surface area contributed by atoms with Crippen LogP contribution in [0.5, 0.6) is 5.75 Å². The van der Waals surface area contributed by atoms with E-state index in [0.29, 0.717) is 66.8 Å². The third-order valence-electron chi connectivity index (χ3n) is 6.97. The number of benzene rings is 2. The lowest BCUT2D eigenvalue weighted by atomic mass is 10.1. The molecule has 4 aromatic rings. The van der Waals surface area contributed by atoms with E-state index < -0.39 is 29.2 Å². The number of anilines is 2. The Kier molecular flexibility index (Phi) is 12.2. The van der Waals surface area contributed by atoms with E-state index in [0.717, 1.165) is 11.1 Å². The van der Waals surface area contributed by atoms with Gasteiger partial charge in [-0.05, 0) is 96.8 Å². The maximum atomic E-state index is 14.4. The number of nitrogens with one attached hydrogen (secondary N) is 1. The highest BCUT2D eigenvalue weighted by molar-refractivity contribution is 6.30. The summed E-state index contributed by atoms with van der Waals surface area (Å²) in [6, 6.07) is 13.4. The first kappa shape index (κ1) is 37.1. The molecule has 262 valence electrons. The van der Waals surface area contributed by atoms with Crippen molar-refractivity contribution in [3.8, 4) is 17.0 Å². The van der Waals surface area contributed by atoms with Gasteiger partial charge in [-0.25, -0.2) is 14.0 Å². The molecule has 2 aromatic carbocycles. The molecular formula is C36H44ClFN6O5. The third kappa shape index (κ3) is 11.4. The Labute approximate surface area is 291 Å². The first-order chi connectivity index (χ1) is 23.1. The molecule has 0 radical (unpaired) electrons. The van der Waals surface area contributed by atoms with E-state index in [2.05, 4.69) is 20.5 Å². The van der Waals surface area contributed by atoms with E-state index in [4.69, 9.17) is 25.8 Å². The Balaban J connectivity index is 1.36. The second-order valence-corrected chi connectivity index (χ2v) is 14.0. The second kappa shape index (κ2) is 16.1.